The first kappa shape index (κ1) is 16.8. The number of aliphatic carboxylic acids is 1. The van der Waals surface area contributed by atoms with Gasteiger partial charge in [-0.2, -0.15) is 0 Å². The number of amides is 1. The molecule has 1 aromatic heterocycles. The summed E-state index contributed by atoms with van der Waals surface area (Å²) in [4.78, 5) is 26.4. The lowest BCUT2D eigenvalue weighted by Gasteiger charge is -2.23. The Morgan fingerprint density at radius 1 is 1.23 bits per heavy atom. The standard InChI is InChI=1S/C19H22N4O3/c1-22-12-16(20-21-22)15-11-23(10-13(15)9-17(24)25)18(26)19(7-8-19)14-5-3-2-4-6-14/h2-6,12-13,15H,7-11H2,1H3,(H,24,25)/t13-,15+/m0/s1. The maximum absolute atomic E-state index is 13.3. The van der Waals surface area contributed by atoms with E-state index in [0.29, 0.717) is 13.1 Å². The van der Waals surface area contributed by atoms with E-state index in [1.54, 1.807) is 11.7 Å². The van der Waals surface area contributed by atoms with Crippen molar-refractivity contribution in [1.29, 1.82) is 0 Å². The highest BCUT2D eigenvalue weighted by Crippen LogP contribution is 2.50. The second-order valence-electron chi connectivity index (χ2n) is 7.44. The molecule has 7 heteroatoms. The number of carboxylic acid groups (broad SMARTS) is 1. The van der Waals surface area contributed by atoms with Gasteiger partial charge in [-0.15, -0.1) is 5.10 Å². The Kier molecular flexibility index (Phi) is 4.01. The minimum absolute atomic E-state index is 0.0311. The van der Waals surface area contributed by atoms with Crippen LogP contribution in [-0.4, -0.2) is 50.0 Å². The first-order chi connectivity index (χ1) is 12.5. The summed E-state index contributed by atoms with van der Waals surface area (Å²) < 4.78 is 1.62. The van der Waals surface area contributed by atoms with Gasteiger partial charge < -0.3 is 10.0 Å². The molecule has 2 heterocycles. The summed E-state index contributed by atoms with van der Waals surface area (Å²) in [5.41, 5.74) is 1.40. The minimum Gasteiger partial charge on any atom is -0.481 e. The second kappa shape index (κ2) is 6.23. The molecule has 4 rings (SSSR count). The number of likely N-dealkylation sites (tertiary alicyclic amines) is 1. The van der Waals surface area contributed by atoms with Crippen LogP contribution in [0.25, 0.3) is 0 Å². The molecule has 0 unspecified atom stereocenters. The maximum Gasteiger partial charge on any atom is 0.303 e. The quantitative estimate of drug-likeness (QED) is 0.880. The van der Waals surface area contributed by atoms with E-state index in [1.807, 2.05) is 41.4 Å². The molecule has 1 aliphatic heterocycles. The van der Waals surface area contributed by atoms with Crippen molar-refractivity contribution in [2.24, 2.45) is 13.0 Å². The number of rotatable bonds is 5. The SMILES string of the molecule is Cn1cc([C@@H]2CN(C(=O)C3(c4ccccc4)CC3)C[C@@H]2CC(=O)O)nn1. The minimum atomic E-state index is -0.845. The molecular formula is C19H22N4O3. The van der Waals surface area contributed by atoms with Gasteiger partial charge in [-0.05, 0) is 24.3 Å². The normalized spacial score (nSPS) is 23.8. The van der Waals surface area contributed by atoms with Gasteiger partial charge in [-0.1, -0.05) is 35.5 Å². The summed E-state index contributed by atoms with van der Waals surface area (Å²) >= 11 is 0. The van der Waals surface area contributed by atoms with Gasteiger partial charge in [0.1, 0.15) is 0 Å². The monoisotopic (exact) mass is 354 g/mol. The lowest BCUT2D eigenvalue weighted by atomic mass is 9.91. The van der Waals surface area contributed by atoms with E-state index in [2.05, 4.69) is 10.3 Å². The smallest absolute Gasteiger partial charge is 0.303 e. The third kappa shape index (κ3) is 2.87. The number of carboxylic acids is 1. The number of benzene rings is 1. The number of carbonyl (C=O) groups is 2. The first-order valence-electron chi connectivity index (χ1n) is 8.92. The highest BCUT2D eigenvalue weighted by Gasteiger charge is 2.54. The zero-order chi connectivity index (χ0) is 18.3. The van der Waals surface area contributed by atoms with Crippen LogP contribution < -0.4 is 0 Å². The van der Waals surface area contributed by atoms with E-state index in [-0.39, 0.29) is 24.2 Å². The fourth-order valence-electron chi connectivity index (χ4n) is 4.15. The molecule has 1 amide bonds. The van der Waals surface area contributed by atoms with Gasteiger partial charge >= 0.3 is 5.97 Å². The zero-order valence-corrected chi connectivity index (χ0v) is 14.7. The van der Waals surface area contributed by atoms with E-state index in [4.69, 9.17) is 0 Å². The molecule has 2 aromatic rings. The van der Waals surface area contributed by atoms with Gasteiger partial charge in [-0.25, -0.2) is 0 Å². The first-order valence-corrected chi connectivity index (χ1v) is 8.92. The number of hydrogen-bond donors (Lipinski definition) is 1. The van der Waals surface area contributed by atoms with Crippen LogP contribution in [0.1, 0.15) is 36.4 Å². The van der Waals surface area contributed by atoms with Crippen LogP contribution in [0.15, 0.2) is 36.5 Å². The molecule has 1 N–H and O–H groups in total. The van der Waals surface area contributed by atoms with Gasteiger partial charge in [0.2, 0.25) is 5.91 Å². The molecule has 1 aliphatic carbocycles. The van der Waals surface area contributed by atoms with Crippen LogP contribution in [0.4, 0.5) is 0 Å². The van der Waals surface area contributed by atoms with Crippen molar-refractivity contribution in [3.05, 3.63) is 47.8 Å². The second-order valence-corrected chi connectivity index (χ2v) is 7.44. The van der Waals surface area contributed by atoms with Crippen LogP contribution in [0.5, 0.6) is 0 Å². The Morgan fingerprint density at radius 3 is 2.54 bits per heavy atom. The van der Waals surface area contributed by atoms with Gasteiger partial charge in [-0.3, -0.25) is 14.3 Å². The third-order valence-electron chi connectivity index (χ3n) is 5.65. The highest BCUT2D eigenvalue weighted by atomic mass is 16.4. The van der Waals surface area contributed by atoms with E-state index < -0.39 is 11.4 Å². The molecule has 0 bridgehead atoms. The molecule has 1 saturated carbocycles. The van der Waals surface area contributed by atoms with Gasteiger partial charge in [0, 0.05) is 32.3 Å². The van der Waals surface area contributed by atoms with Crippen molar-refractivity contribution in [3.8, 4) is 0 Å². The summed E-state index contributed by atoms with van der Waals surface area (Å²) in [6.07, 6.45) is 3.55. The summed E-state index contributed by atoms with van der Waals surface area (Å²) in [5.74, 6) is -0.956. The largest absolute Gasteiger partial charge is 0.481 e. The summed E-state index contributed by atoms with van der Waals surface area (Å²) in [5, 5.41) is 17.4. The molecule has 1 saturated heterocycles. The van der Waals surface area contributed by atoms with Crippen LogP contribution in [0.3, 0.4) is 0 Å². The molecule has 2 fully saturated rings. The van der Waals surface area contributed by atoms with Crippen molar-refractivity contribution in [3.63, 3.8) is 0 Å². The van der Waals surface area contributed by atoms with E-state index in [0.717, 1.165) is 24.1 Å². The van der Waals surface area contributed by atoms with Crippen LogP contribution >= 0.6 is 0 Å². The van der Waals surface area contributed by atoms with Crippen molar-refractivity contribution in [1.82, 2.24) is 19.9 Å². The summed E-state index contributed by atoms with van der Waals surface area (Å²) in [6.45, 7) is 0.963. The van der Waals surface area contributed by atoms with Crippen molar-refractivity contribution in [2.75, 3.05) is 13.1 Å². The van der Waals surface area contributed by atoms with E-state index >= 15 is 0 Å². The van der Waals surface area contributed by atoms with Crippen LogP contribution in [0, 0.1) is 5.92 Å². The Balaban J connectivity index is 1.58. The Labute approximate surface area is 151 Å². The number of nitrogens with zero attached hydrogens (tertiary/aromatic N) is 4. The van der Waals surface area contributed by atoms with E-state index in [9.17, 15) is 14.7 Å². The molecule has 7 nitrogen and oxygen atoms in total. The Bertz CT molecular complexity index is 828. The zero-order valence-electron chi connectivity index (χ0n) is 14.7. The lowest BCUT2D eigenvalue weighted by molar-refractivity contribution is -0.138. The van der Waals surface area contributed by atoms with Crippen molar-refractivity contribution >= 4 is 11.9 Å². The van der Waals surface area contributed by atoms with Crippen LogP contribution in [0.2, 0.25) is 0 Å². The predicted molar refractivity (Wildman–Crippen MR) is 93.4 cm³/mol. The number of aromatic nitrogens is 3. The van der Waals surface area contributed by atoms with Gasteiger partial charge in [0.15, 0.2) is 0 Å². The summed E-state index contributed by atoms with van der Waals surface area (Å²) in [7, 11) is 1.79. The number of hydrogen-bond acceptors (Lipinski definition) is 4. The average molecular weight is 354 g/mol. The van der Waals surface area contributed by atoms with Crippen molar-refractivity contribution < 1.29 is 14.7 Å². The van der Waals surface area contributed by atoms with Crippen molar-refractivity contribution in [2.45, 2.75) is 30.6 Å². The average Bonchev–Trinajstić information content (AvgIpc) is 3.17. The third-order valence-corrected chi connectivity index (χ3v) is 5.65. The predicted octanol–water partition coefficient (Wildman–Crippen LogP) is 1.56. The highest BCUT2D eigenvalue weighted by molar-refractivity contribution is 5.91. The summed E-state index contributed by atoms with van der Waals surface area (Å²) in [6, 6.07) is 9.89. The molecule has 0 radical (unpaired) electrons. The van der Waals surface area contributed by atoms with Gasteiger partial charge in [0.25, 0.3) is 0 Å². The Hall–Kier alpha value is -2.70. The molecule has 2 aliphatic rings. The molecule has 136 valence electrons. The number of aryl methyl sites for hydroxylation is 1. The lowest BCUT2D eigenvalue weighted by Crippen LogP contribution is -2.38. The molecular weight excluding hydrogens is 332 g/mol. The van der Waals surface area contributed by atoms with Crippen LogP contribution in [-0.2, 0) is 22.1 Å². The fourth-order valence-corrected chi connectivity index (χ4v) is 4.15. The Morgan fingerprint density at radius 2 is 1.96 bits per heavy atom. The van der Waals surface area contributed by atoms with E-state index in [1.165, 1.54) is 0 Å². The maximum atomic E-state index is 13.3. The molecule has 1 aromatic carbocycles. The topological polar surface area (TPSA) is 88.3 Å². The molecule has 0 spiro atoms. The molecule has 2 atom stereocenters. The van der Waals surface area contributed by atoms with Gasteiger partial charge in [0.05, 0.1) is 17.5 Å². The number of carbonyl (C=O) groups excluding carboxylic acids is 1. The fraction of sp³-hybridized carbons (Fsp3) is 0.474. The molecule has 26 heavy (non-hydrogen) atoms.